The number of rotatable bonds is 2. The predicted molar refractivity (Wildman–Crippen MR) is 69.1 cm³/mol. The van der Waals surface area contributed by atoms with Crippen molar-refractivity contribution in [2.24, 2.45) is 0 Å². The molecule has 1 aromatic carbocycles. The SMILES string of the molecule is CC(=O)N1CCNC(C(=O)Nc2ccccc2)C1. The molecule has 5 nitrogen and oxygen atoms in total. The molecule has 5 heteroatoms. The summed E-state index contributed by atoms with van der Waals surface area (Å²) in [6.45, 7) is 3.25. The Morgan fingerprint density at radius 1 is 1.33 bits per heavy atom. The average molecular weight is 247 g/mol. The Hall–Kier alpha value is -1.88. The van der Waals surface area contributed by atoms with Gasteiger partial charge in [0, 0.05) is 32.2 Å². The largest absolute Gasteiger partial charge is 0.340 e. The van der Waals surface area contributed by atoms with Crippen LogP contribution in [0.2, 0.25) is 0 Å². The summed E-state index contributed by atoms with van der Waals surface area (Å²) in [5.41, 5.74) is 0.768. The lowest BCUT2D eigenvalue weighted by Gasteiger charge is -2.32. The van der Waals surface area contributed by atoms with Crippen LogP contribution in [0.1, 0.15) is 6.92 Å². The predicted octanol–water partition coefficient (Wildman–Crippen LogP) is 0.445. The molecule has 1 aliphatic rings. The van der Waals surface area contributed by atoms with Gasteiger partial charge in [-0.3, -0.25) is 9.59 Å². The highest BCUT2D eigenvalue weighted by atomic mass is 16.2. The zero-order chi connectivity index (χ0) is 13.0. The van der Waals surface area contributed by atoms with Crippen molar-refractivity contribution in [2.45, 2.75) is 13.0 Å². The number of nitrogens with one attached hydrogen (secondary N) is 2. The van der Waals surface area contributed by atoms with Gasteiger partial charge in [0.1, 0.15) is 6.04 Å². The summed E-state index contributed by atoms with van der Waals surface area (Å²) in [6, 6.07) is 8.96. The van der Waals surface area contributed by atoms with Crippen LogP contribution < -0.4 is 10.6 Å². The lowest BCUT2D eigenvalue weighted by molar-refractivity contribution is -0.131. The summed E-state index contributed by atoms with van der Waals surface area (Å²) in [4.78, 5) is 25.0. The van der Waals surface area contributed by atoms with Crippen molar-refractivity contribution < 1.29 is 9.59 Å². The van der Waals surface area contributed by atoms with Crippen molar-refractivity contribution in [1.29, 1.82) is 0 Å². The van der Waals surface area contributed by atoms with Gasteiger partial charge in [-0.2, -0.15) is 0 Å². The summed E-state index contributed by atoms with van der Waals surface area (Å²) >= 11 is 0. The van der Waals surface area contributed by atoms with E-state index in [1.54, 1.807) is 4.90 Å². The smallest absolute Gasteiger partial charge is 0.243 e. The highest BCUT2D eigenvalue weighted by Gasteiger charge is 2.26. The van der Waals surface area contributed by atoms with E-state index in [9.17, 15) is 9.59 Å². The van der Waals surface area contributed by atoms with Crippen LogP contribution in [0.15, 0.2) is 30.3 Å². The minimum Gasteiger partial charge on any atom is -0.340 e. The molecule has 0 aliphatic carbocycles. The topological polar surface area (TPSA) is 61.4 Å². The monoisotopic (exact) mass is 247 g/mol. The third-order valence-electron chi connectivity index (χ3n) is 2.98. The van der Waals surface area contributed by atoms with E-state index in [4.69, 9.17) is 0 Å². The number of hydrogen-bond acceptors (Lipinski definition) is 3. The number of anilines is 1. The van der Waals surface area contributed by atoms with Gasteiger partial charge in [0.15, 0.2) is 0 Å². The maximum atomic E-state index is 12.0. The number of carbonyl (C=O) groups excluding carboxylic acids is 2. The highest BCUT2D eigenvalue weighted by molar-refractivity contribution is 5.95. The Balaban J connectivity index is 1.95. The highest BCUT2D eigenvalue weighted by Crippen LogP contribution is 2.07. The second-order valence-electron chi connectivity index (χ2n) is 4.33. The molecule has 0 radical (unpaired) electrons. The maximum absolute atomic E-state index is 12.0. The van der Waals surface area contributed by atoms with Crippen LogP contribution in [-0.4, -0.2) is 42.4 Å². The third kappa shape index (κ3) is 3.07. The molecule has 1 unspecified atom stereocenters. The molecular formula is C13H17N3O2. The number of amides is 2. The van der Waals surface area contributed by atoms with Crippen LogP contribution in [0.4, 0.5) is 5.69 Å². The molecule has 0 spiro atoms. The summed E-state index contributed by atoms with van der Waals surface area (Å²) in [6.07, 6.45) is 0. The Labute approximate surface area is 106 Å². The van der Waals surface area contributed by atoms with Crippen LogP contribution in [-0.2, 0) is 9.59 Å². The van der Waals surface area contributed by atoms with E-state index in [2.05, 4.69) is 10.6 Å². The molecule has 18 heavy (non-hydrogen) atoms. The quantitative estimate of drug-likeness (QED) is 0.797. The van der Waals surface area contributed by atoms with Crippen LogP contribution in [0.25, 0.3) is 0 Å². The van der Waals surface area contributed by atoms with E-state index in [-0.39, 0.29) is 17.9 Å². The van der Waals surface area contributed by atoms with E-state index in [1.165, 1.54) is 6.92 Å². The fraction of sp³-hybridized carbons (Fsp3) is 0.385. The summed E-state index contributed by atoms with van der Waals surface area (Å²) in [5, 5.41) is 5.95. The van der Waals surface area contributed by atoms with Crippen molar-refractivity contribution in [1.82, 2.24) is 10.2 Å². The van der Waals surface area contributed by atoms with Gasteiger partial charge in [-0.15, -0.1) is 0 Å². The number of nitrogens with zero attached hydrogens (tertiary/aromatic N) is 1. The Morgan fingerprint density at radius 2 is 2.06 bits per heavy atom. The van der Waals surface area contributed by atoms with Gasteiger partial charge < -0.3 is 15.5 Å². The first kappa shape index (κ1) is 12.6. The van der Waals surface area contributed by atoms with Crippen LogP contribution in [0.3, 0.4) is 0 Å². The molecule has 1 aromatic rings. The minimum absolute atomic E-state index is 0.00834. The molecule has 1 aliphatic heterocycles. The van der Waals surface area contributed by atoms with Crippen LogP contribution in [0.5, 0.6) is 0 Å². The lowest BCUT2D eigenvalue weighted by Crippen LogP contribution is -2.56. The van der Waals surface area contributed by atoms with Gasteiger partial charge in [0.2, 0.25) is 11.8 Å². The Kier molecular flexibility index (Phi) is 3.94. The number of hydrogen-bond donors (Lipinski definition) is 2. The van der Waals surface area contributed by atoms with Crippen molar-refractivity contribution in [3.05, 3.63) is 30.3 Å². The molecule has 1 atom stereocenters. The molecule has 96 valence electrons. The standard InChI is InChI=1S/C13H17N3O2/c1-10(17)16-8-7-14-12(9-16)13(18)15-11-5-3-2-4-6-11/h2-6,12,14H,7-9H2,1H3,(H,15,18). The molecule has 1 heterocycles. The van der Waals surface area contributed by atoms with Crippen LogP contribution in [0, 0.1) is 0 Å². The summed E-state index contributed by atoms with van der Waals surface area (Å²) in [5.74, 6) is -0.0961. The first-order valence-corrected chi connectivity index (χ1v) is 6.01. The van der Waals surface area contributed by atoms with Crippen molar-refractivity contribution in [3.8, 4) is 0 Å². The maximum Gasteiger partial charge on any atom is 0.243 e. The number of benzene rings is 1. The Bertz CT molecular complexity index is 433. The van der Waals surface area contributed by atoms with Gasteiger partial charge in [0.25, 0.3) is 0 Å². The van der Waals surface area contributed by atoms with E-state index < -0.39 is 0 Å². The van der Waals surface area contributed by atoms with Crippen molar-refractivity contribution in [3.63, 3.8) is 0 Å². The molecule has 0 aromatic heterocycles. The number of piperazine rings is 1. The second-order valence-corrected chi connectivity index (χ2v) is 4.33. The first-order valence-electron chi connectivity index (χ1n) is 6.01. The number of carbonyl (C=O) groups is 2. The van der Waals surface area contributed by atoms with Crippen molar-refractivity contribution >= 4 is 17.5 Å². The molecular weight excluding hydrogens is 230 g/mol. The molecule has 2 rings (SSSR count). The van der Waals surface area contributed by atoms with E-state index in [1.807, 2.05) is 30.3 Å². The van der Waals surface area contributed by atoms with Gasteiger partial charge >= 0.3 is 0 Å². The lowest BCUT2D eigenvalue weighted by atomic mass is 10.2. The first-order chi connectivity index (χ1) is 8.66. The van der Waals surface area contributed by atoms with Gasteiger partial charge in [-0.25, -0.2) is 0 Å². The third-order valence-corrected chi connectivity index (χ3v) is 2.98. The van der Waals surface area contributed by atoms with E-state index >= 15 is 0 Å². The number of para-hydroxylation sites is 1. The van der Waals surface area contributed by atoms with E-state index in [0.29, 0.717) is 19.6 Å². The van der Waals surface area contributed by atoms with Gasteiger partial charge in [-0.05, 0) is 12.1 Å². The molecule has 0 bridgehead atoms. The molecule has 2 N–H and O–H groups in total. The zero-order valence-corrected chi connectivity index (χ0v) is 10.3. The second kappa shape index (κ2) is 5.64. The zero-order valence-electron chi connectivity index (χ0n) is 10.3. The summed E-state index contributed by atoms with van der Waals surface area (Å²) in [7, 11) is 0. The van der Waals surface area contributed by atoms with Crippen molar-refractivity contribution in [2.75, 3.05) is 25.0 Å². The fourth-order valence-electron chi connectivity index (χ4n) is 1.96. The fourth-order valence-corrected chi connectivity index (χ4v) is 1.96. The molecule has 1 saturated heterocycles. The molecule has 2 amide bonds. The van der Waals surface area contributed by atoms with Crippen LogP contribution >= 0.6 is 0 Å². The molecule has 1 fully saturated rings. The van der Waals surface area contributed by atoms with Gasteiger partial charge in [-0.1, -0.05) is 18.2 Å². The summed E-state index contributed by atoms with van der Waals surface area (Å²) < 4.78 is 0. The average Bonchev–Trinajstić information content (AvgIpc) is 2.40. The molecule has 0 saturated carbocycles. The Morgan fingerprint density at radius 3 is 2.72 bits per heavy atom. The minimum atomic E-state index is -0.345. The van der Waals surface area contributed by atoms with Gasteiger partial charge in [0.05, 0.1) is 0 Å². The van der Waals surface area contributed by atoms with E-state index in [0.717, 1.165) is 5.69 Å². The normalized spacial score (nSPS) is 19.4.